The molecule has 0 aliphatic carbocycles. The molecule has 0 N–H and O–H groups in total. The molecule has 2 rings (SSSR count). The monoisotopic (exact) mass is 316 g/mol. The maximum absolute atomic E-state index is 13.5. The molecular weight excluding hydrogens is 309 g/mol. The summed E-state index contributed by atoms with van der Waals surface area (Å²) in [4.78, 5) is 0. The van der Waals surface area contributed by atoms with Crippen LogP contribution in [-0.4, -0.2) is 0 Å². The average molecular weight is 318 g/mol. The largest absolute Gasteiger partial charge is 0.207 e. The van der Waals surface area contributed by atoms with Crippen molar-refractivity contribution in [3.63, 3.8) is 0 Å². The predicted molar refractivity (Wildman–Crippen MR) is 68.2 cm³/mol. The molecule has 0 fully saturated rings. The van der Waals surface area contributed by atoms with Crippen LogP contribution in [-0.2, 0) is 0 Å². The summed E-state index contributed by atoms with van der Waals surface area (Å²) in [7, 11) is 0. The van der Waals surface area contributed by atoms with Gasteiger partial charge < -0.3 is 0 Å². The molecule has 0 aliphatic heterocycles. The van der Waals surface area contributed by atoms with E-state index < -0.39 is 17.0 Å². The van der Waals surface area contributed by atoms with Gasteiger partial charge in [-0.05, 0) is 23.8 Å². The second-order valence-corrected chi connectivity index (χ2v) is 4.93. The van der Waals surface area contributed by atoms with E-state index in [1.54, 1.807) is 12.1 Å². The van der Waals surface area contributed by atoms with Gasteiger partial charge in [-0.2, -0.15) is 0 Å². The molecule has 17 heavy (non-hydrogen) atoms. The summed E-state index contributed by atoms with van der Waals surface area (Å²) in [5, 5.41) is -0.622. The maximum atomic E-state index is 13.5. The zero-order valence-corrected chi connectivity index (χ0v) is 11.0. The number of hydrogen-bond acceptors (Lipinski definition) is 0. The van der Waals surface area contributed by atoms with Gasteiger partial charge in [0.15, 0.2) is 0 Å². The quantitative estimate of drug-likeness (QED) is 0.680. The molecule has 0 spiro atoms. The van der Waals surface area contributed by atoms with Crippen molar-refractivity contribution in [3.05, 3.63) is 69.7 Å². The Morgan fingerprint density at radius 3 is 2.24 bits per heavy atom. The Balaban J connectivity index is 2.36. The third-order valence-electron chi connectivity index (χ3n) is 2.40. The van der Waals surface area contributed by atoms with Crippen molar-refractivity contribution in [2.45, 2.75) is 5.38 Å². The number of halogens is 4. The van der Waals surface area contributed by atoms with Gasteiger partial charge in [0.2, 0.25) is 0 Å². The third-order valence-corrected chi connectivity index (χ3v) is 3.41. The van der Waals surface area contributed by atoms with Crippen LogP contribution in [0.5, 0.6) is 0 Å². The van der Waals surface area contributed by atoms with Crippen LogP contribution in [0.1, 0.15) is 16.5 Å². The highest BCUT2D eigenvalue weighted by molar-refractivity contribution is 9.10. The highest BCUT2D eigenvalue weighted by Crippen LogP contribution is 2.31. The van der Waals surface area contributed by atoms with E-state index in [9.17, 15) is 8.78 Å². The van der Waals surface area contributed by atoms with E-state index in [4.69, 9.17) is 11.6 Å². The minimum atomic E-state index is -0.632. The van der Waals surface area contributed by atoms with Crippen LogP contribution < -0.4 is 0 Å². The zero-order valence-electron chi connectivity index (χ0n) is 8.63. The topological polar surface area (TPSA) is 0 Å². The molecule has 0 aliphatic rings. The van der Waals surface area contributed by atoms with E-state index >= 15 is 0 Å². The molecule has 0 aromatic heterocycles. The van der Waals surface area contributed by atoms with Gasteiger partial charge in [-0.25, -0.2) is 8.78 Å². The summed E-state index contributed by atoms with van der Waals surface area (Å²) in [6.07, 6.45) is 0. The van der Waals surface area contributed by atoms with Crippen molar-refractivity contribution < 1.29 is 8.78 Å². The SMILES string of the molecule is Fc1ccc(C(Cl)c2ccc(Br)cc2)c(F)c1. The zero-order chi connectivity index (χ0) is 12.4. The fraction of sp³-hybridized carbons (Fsp3) is 0.0769. The Bertz CT molecular complexity index is 525. The van der Waals surface area contributed by atoms with Gasteiger partial charge in [-0.1, -0.05) is 34.1 Å². The molecule has 2 aromatic carbocycles. The molecule has 0 bridgehead atoms. The molecule has 0 saturated carbocycles. The van der Waals surface area contributed by atoms with Gasteiger partial charge in [-0.3, -0.25) is 0 Å². The molecule has 88 valence electrons. The van der Waals surface area contributed by atoms with Gasteiger partial charge in [-0.15, -0.1) is 11.6 Å². The highest BCUT2D eigenvalue weighted by Gasteiger charge is 2.15. The van der Waals surface area contributed by atoms with Gasteiger partial charge in [0.25, 0.3) is 0 Å². The van der Waals surface area contributed by atoms with Crippen LogP contribution in [0, 0.1) is 11.6 Å². The first-order chi connectivity index (χ1) is 8.08. The van der Waals surface area contributed by atoms with Crippen molar-refractivity contribution >= 4 is 27.5 Å². The van der Waals surface area contributed by atoms with Crippen molar-refractivity contribution in [1.82, 2.24) is 0 Å². The van der Waals surface area contributed by atoms with Gasteiger partial charge in [0.05, 0.1) is 5.38 Å². The van der Waals surface area contributed by atoms with Crippen LogP contribution in [0.4, 0.5) is 8.78 Å². The van der Waals surface area contributed by atoms with Crippen LogP contribution in [0.3, 0.4) is 0 Å². The van der Waals surface area contributed by atoms with E-state index in [-0.39, 0.29) is 5.56 Å². The van der Waals surface area contributed by atoms with Gasteiger partial charge >= 0.3 is 0 Å². The fourth-order valence-corrected chi connectivity index (χ4v) is 2.11. The molecule has 0 radical (unpaired) electrons. The molecule has 1 unspecified atom stereocenters. The first-order valence-corrected chi connectivity index (χ1v) is 6.15. The smallest absolute Gasteiger partial charge is 0.131 e. The van der Waals surface area contributed by atoms with Crippen LogP contribution in [0.2, 0.25) is 0 Å². The van der Waals surface area contributed by atoms with Crippen LogP contribution >= 0.6 is 27.5 Å². The van der Waals surface area contributed by atoms with Crippen molar-refractivity contribution in [1.29, 1.82) is 0 Å². The van der Waals surface area contributed by atoms with Crippen LogP contribution in [0.25, 0.3) is 0 Å². The lowest BCUT2D eigenvalue weighted by Crippen LogP contribution is -1.97. The Kier molecular flexibility index (Phi) is 3.79. The minimum Gasteiger partial charge on any atom is -0.207 e. The van der Waals surface area contributed by atoms with Crippen molar-refractivity contribution in [3.8, 4) is 0 Å². The van der Waals surface area contributed by atoms with E-state index in [1.807, 2.05) is 12.1 Å². The van der Waals surface area contributed by atoms with E-state index in [0.717, 1.165) is 16.1 Å². The van der Waals surface area contributed by atoms with Crippen molar-refractivity contribution in [2.75, 3.05) is 0 Å². The summed E-state index contributed by atoms with van der Waals surface area (Å²) >= 11 is 9.47. The van der Waals surface area contributed by atoms with Gasteiger partial charge in [0.1, 0.15) is 11.6 Å². The number of alkyl halides is 1. The predicted octanol–water partition coefficient (Wildman–Crippen LogP) is 5.06. The van der Waals surface area contributed by atoms with E-state index in [2.05, 4.69) is 15.9 Å². The molecule has 2 aromatic rings. The lowest BCUT2D eigenvalue weighted by Gasteiger charge is -2.11. The molecule has 1 atom stereocenters. The molecule has 4 heteroatoms. The lowest BCUT2D eigenvalue weighted by molar-refractivity contribution is 0.573. The minimum absolute atomic E-state index is 0.274. The number of rotatable bonds is 2. The summed E-state index contributed by atoms with van der Waals surface area (Å²) in [5.74, 6) is -1.24. The van der Waals surface area contributed by atoms with Crippen molar-refractivity contribution in [2.24, 2.45) is 0 Å². The molecule has 0 saturated heterocycles. The highest BCUT2D eigenvalue weighted by atomic mass is 79.9. The fourth-order valence-electron chi connectivity index (χ4n) is 1.52. The molecule has 0 heterocycles. The Morgan fingerprint density at radius 1 is 1.00 bits per heavy atom. The van der Waals surface area contributed by atoms with Crippen LogP contribution in [0.15, 0.2) is 46.9 Å². The number of benzene rings is 2. The molecule has 0 nitrogen and oxygen atoms in total. The Hall–Kier alpha value is -0.930. The molecule has 0 amide bonds. The summed E-state index contributed by atoms with van der Waals surface area (Å²) in [5.41, 5.74) is 1.04. The first-order valence-electron chi connectivity index (χ1n) is 4.92. The normalized spacial score (nSPS) is 12.5. The number of hydrogen-bond donors (Lipinski definition) is 0. The average Bonchev–Trinajstić information content (AvgIpc) is 2.29. The summed E-state index contributed by atoms with van der Waals surface area (Å²) in [6.45, 7) is 0. The second-order valence-electron chi connectivity index (χ2n) is 3.58. The standard InChI is InChI=1S/C13H8BrClF2/c14-9-3-1-8(2-4-9)13(15)11-6-5-10(16)7-12(11)17/h1-7,13H. The summed E-state index contributed by atoms with van der Waals surface area (Å²) in [6, 6.07) is 10.6. The van der Waals surface area contributed by atoms with E-state index in [1.165, 1.54) is 12.1 Å². The van der Waals surface area contributed by atoms with E-state index in [0.29, 0.717) is 0 Å². The summed E-state index contributed by atoms with van der Waals surface area (Å²) < 4.78 is 27.2. The second kappa shape index (κ2) is 5.15. The lowest BCUT2D eigenvalue weighted by atomic mass is 10.0. The first kappa shape index (κ1) is 12.5. The molecular formula is C13H8BrClF2. The third kappa shape index (κ3) is 2.85. The Morgan fingerprint density at radius 2 is 1.65 bits per heavy atom. The van der Waals surface area contributed by atoms with Gasteiger partial charge in [0, 0.05) is 16.1 Å². The maximum Gasteiger partial charge on any atom is 0.131 e. The Labute approximate surface area is 111 Å².